The number of benzene rings is 1. The summed E-state index contributed by atoms with van der Waals surface area (Å²) in [5, 5.41) is 3.13. The van der Waals surface area contributed by atoms with Crippen molar-refractivity contribution in [1.29, 1.82) is 0 Å². The average molecular weight is 263 g/mol. The smallest absolute Gasteiger partial charge is 0.317 e. The molecule has 1 atom stereocenters. The van der Waals surface area contributed by atoms with E-state index in [4.69, 9.17) is 0 Å². The van der Waals surface area contributed by atoms with E-state index < -0.39 is 17.6 Å². The van der Waals surface area contributed by atoms with Gasteiger partial charge in [-0.15, -0.1) is 0 Å². The van der Waals surface area contributed by atoms with Gasteiger partial charge in [0.1, 0.15) is 5.82 Å². The van der Waals surface area contributed by atoms with Crippen molar-refractivity contribution in [3.63, 3.8) is 0 Å². The first-order valence-electron chi connectivity index (χ1n) is 5.91. The summed E-state index contributed by atoms with van der Waals surface area (Å²) in [6.07, 6.45) is -4.14. The molecule has 0 saturated heterocycles. The molecule has 0 aliphatic carbocycles. The highest BCUT2D eigenvalue weighted by molar-refractivity contribution is 5.27. The third kappa shape index (κ3) is 4.29. The minimum absolute atomic E-state index is 0.205. The molecule has 1 N–H and O–H groups in total. The van der Waals surface area contributed by atoms with Gasteiger partial charge in [-0.2, -0.15) is 13.2 Å². The number of hydrogen-bond acceptors (Lipinski definition) is 1. The van der Waals surface area contributed by atoms with Gasteiger partial charge in [0.15, 0.2) is 0 Å². The Morgan fingerprint density at radius 3 is 2.50 bits per heavy atom. The van der Waals surface area contributed by atoms with Crippen LogP contribution in [0.5, 0.6) is 0 Å². The van der Waals surface area contributed by atoms with Gasteiger partial charge < -0.3 is 5.32 Å². The van der Waals surface area contributed by atoms with Crippen LogP contribution in [-0.2, 0) is 12.6 Å². The van der Waals surface area contributed by atoms with E-state index in [1.165, 1.54) is 6.07 Å². The first-order valence-corrected chi connectivity index (χ1v) is 5.91. The number of hydrogen-bond donors (Lipinski definition) is 1. The molecule has 0 heterocycles. The fourth-order valence-corrected chi connectivity index (χ4v) is 1.78. The summed E-state index contributed by atoms with van der Waals surface area (Å²) in [7, 11) is 0. The van der Waals surface area contributed by atoms with Gasteiger partial charge in [0.25, 0.3) is 0 Å². The first kappa shape index (κ1) is 15.0. The van der Waals surface area contributed by atoms with E-state index in [0.717, 1.165) is 25.2 Å². The largest absolute Gasteiger partial charge is 0.419 e. The second-order valence-corrected chi connectivity index (χ2v) is 4.43. The van der Waals surface area contributed by atoms with Crippen molar-refractivity contribution in [2.45, 2.75) is 26.4 Å². The van der Waals surface area contributed by atoms with E-state index >= 15 is 0 Å². The summed E-state index contributed by atoms with van der Waals surface area (Å²) in [6.45, 7) is 5.46. The molecular weight excluding hydrogens is 246 g/mol. The zero-order valence-corrected chi connectivity index (χ0v) is 10.4. The van der Waals surface area contributed by atoms with Crippen molar-refractivity contribution in [3.8, 4) is 0 Å². The zero-order chi connectivity index (χ0) is 13.8. The Kier molecular flexibility index (Phi) is 5.14. The highest BCUT2D eigenvalue weighted by Crippen LogP contribution is 2.32. The molecular formula is C13H17F4N. The molecule has 0 amide bonds. The van der Waals surface area contributed by atoms with Crippen LogP contribution in [0, 0.1) is 11.7 Å². The highest BCUT2D eigenvalue weighted by atomic mass is 19.4. The van der Waals surface area contributed by atoms with Crippen LogP contribution in [-0.4, -0.2) is 13.1 Å². The SMILES string of the molecule is CCNCC(C)Cc1ccc(F)c(C(F)(F)F)c1. The Bertz CT molecular complexity index is 387. The summed E-state index contributed by atoms with van der Waals surface area (Å²) in [6, 6.07) is 3.20. The predicted octanol–water partition coefficient (Wildman–Crippen LogP) is 3.63. The molecule has 0 aliphatic rings. The maximum Gasteiger partial charge on any atom is 0.419 e. The standard InChI is InChI=1S/C13H17F4N/c1-3-18-8-9(2)6-10-4-5-12(14)11(7-10)13(15,16)17/h4-5,7,9,18H,3,6,8H2,1-2H3. The van der Waals surface area contributed by atoms with Gasteiger partial charge >= 0.3 is 6.18 Å². The van der Waals surface area contributed by atoms with E-state index in [-0.39, 0.29) is 5.92 Å². The second kappa shape index (κ2) is 6.18. The van der Waals surface area contributed by atoms with Crippen LogP contribution < -0.4 is 5.32 Å². The third-order valence-electron chi connectivity index (χ3n) is 2.66. The maximum absolute atomic E-state index is 13.1. The number of halogens is 4. The molecule has 1 rings (SSSR count). The van der Waals surface area contributed by atoms with Crippen LogP contribution >= 0.6 is 0 Å². The normalized spacial score (nSPS) is 13.7. The Balaban J connectivity index is 2.79. The lowest BCUT2D eigenvalue weighted by molar-refractivity contribution is -0.140. The first-order chi connectivity index (χ1) is 8.34. The van der Waals surface area contributed by atoms with E-state index in [2.05, 4.69) is 5.32 Å². The molecule has 18 heavy (non-hydrogen) atoms. The molecule has 5 heteroatoms. The number of rotatable bonds is 5. The predicted molar refractivity (Wildman–Crippen MR) is 62.8 cm³/mol. The van der Waals surface area contributed by atoms with Crippen molar-refractivity contribution < 1.29 is 17.6 Å². The van der Waals surface area contributed by atoms with Crippen molar-refractivity contribution in [2.75, 3.05) is 13.1 Å². The molecule has 0 bridgehead atoms. The van der Waals surface area contributed by atoms with Crippen LogP contribution in [0.1, 0.15) is 25.0 Å². The fourth-order valence-electron chi connectivity index (χ4n) is 1.78. The molecule has 0 spiro atoms. The number of nitrogens with one attached hydrogen (secondary N) is 1. The number of alkyl halides is 3. The zero-order valence-electron chi connectivity index (χ0n) is 10.4. The van der Waals surface area contributed by atoms with Gasteiger partial charge in [-0.3, -0.25) is 0 Å². The highest BCUT2D eigenvalue weighted by Gasteiger charge is 2.34. The van der Waals surface area contributed by atoms with Gasteiger partial charge in [-0.05, 0) is 43.1 Å². The third-order valence-corrected chi connectivity index (χ3v) is 2.66. The average Bonchev–Trinajstić information content (AvgIpc) is 2.27. The summed E-state index contributed by atoms with van der Waals surface area (Å²) in [5.41, 5.74) is -0.676. The molecule has 1 nitrogen and oxygen atoms in total. The van der Waals surface area contributed by atoms with Crippen LogP contribution in [0.2, 0.25) is 0 Å². The monoisotopic (exact) mass is 263 g/mol. The summed E-state index contributed by atoms with van der Waals surface area (Å²) in [5.74, 6) is -1.01. The maximum atomic E-state index is 13.1. The minimum Gasteiger partial charge on any atom is -0.317 e. The Morgan fingerprint density at radius 2 is 1.94 bits per heavy atom. The van der Waals surface area contributed by atoms with Crippen LogP contribution in [0.4, 0.5) is 17.6 Å². The molecule has 1 aromatic carbocycles. The quantitative estimate of drug-likeness (QED) is 0.800. The summed E-state index contributed by atoms with van der Waals surface area (Å²) < 4.78 is 50.6. The van der Waals surface area contributed by atoms with Gasteiger partial charge in [0.05, 0.1) is 5.56 Å². The van der Waals surface area contributed by atoms with E-state index in [1.807, 2.05) is 13.8 Å². The van der Waals surface area contributed by atoms with Crippen LogP contribution in [0.3, 0.4) is 0 Å². The molecule has 0 aromatic heterocycles. The minimum atomic E-state index is -4.63. The lowest BCUT2D eigenvalue weighted by Gasteiger charge is -2.14. The van der Waals surface area contributed by atoms with Crippen molar-refractivity contribution in [3.05, 3.63) is 35.1 Å². The van der Waals surface area contributed by atoms with Gasteiger partial charge in [0, 0.05) is 0 Å². The topological polar surface area (TPSA) is 12.0 Å². The van der Waals surface area contributed by atoms with Crippen LogP contribution in [0.15, 0.2) is 18.2 Å². The molecule has 0 aliphatic heterocycles. The molecule has 0 saturated carbocycles. The molecule has 102 valence electrons. The Hall–Kier alpha value is -1.10. The van der Waals surface area contributed by atoms with E-state index in [1.54, 1.807) is 0 Å². The second-order valence-electron chi connectivity index (χ2n) is 4.43. The van der Waals surface area contributed by atoms with Gasteiger partial charge in [-0.1, -0.05) is 19.9 Å². The van der Waals surface area contributed by atoms with Gasteiger partial charge in [-0.25, -0.2) is 4.39 Å². The van der Waals surface area contributed by atoms with Crippen molar-refractivity contribution in [2.24, 2.45) is 5.92 Å². The van der Waals surface area contributed by atoms with Crippen LogP contribution in [0.25, 0.3) is 0 Å². The van der Waals surface area contributed by atoms with E-state index in [0.29, 0.717) is 12.0 Å². The molecule has 1 aromatic rings. The lowest BCUT2D eigenvalue weighted by atomic mass is 9.99. The lowest BCUT2D eigenvalue weighted by Crippen LogP contribution is -2.22. The summed E-state index contributed by atoms with van der Waals surface area (Å²) >= 11 is 0. The van der Waals surface area contributed by atoms with Crippen molar-refractivity contribution in [1.82, 2.24) is 5.32 Å². The van der Waals surface area contributed by atoms with E-state index in [9.17, 15) is 17.6 Å². The fraction of sp³-hybridized carbons (Fsp3) is 0.538. The van der Waals surface area contributed by atoms with Gasteiger partial charge in [0.2, 0.25) is 0 Å². The molecule has 1 unspecified atom stereocenters. The molecule has 0 radical (unpaired) electrons. The Labute approximate surface area is 104 Å². The molecule has 0 fully saturated rings. The Morgan fingerprint density at radius 1 is 1.28 bits per heavy atom. The summed E-state index contributed by atoms with van der Waals surface area (Å²) in [4.78, 5) is 0. The van der Waals surface area contributed by atoms with Crippen molar-refractivity contribution >= 4 is 0 Å².